The fourth-order valence-electron chi connectivity index (χ4n) is 5.30. The van der Waals surface area contributed by atoms with Crippen molar-refractivity contribution >= 4 is 5.91 Å². The number of hydrogen-bond donors (Lipinski definition) is 1. The summed E-state index contributed by atoms with van der Waals surface area (Å²) in [7, 11) is 0. The molecule has 1 N–H and O–H groups in total. The molecular formula is C19H28N2O2. The number of carbonyl (C=O) groups excluding carboxylic acids is 1. The Morgan fingerprint density at radius 2 is 2.22 bits per heavy atom. The molecule has 23 heavy (non-hydrogen) atoms. The van der Waals surface area contributed by atoms with Crippen LogP contribution in [0.15, 0.2) is 16.5 Å². The zero-order valence-electron chi connectivity index (χ0n) is 14.1. The SMILES string of the molecule is Cc1ccc(CN[C@@H]2CC[C@@]34CCCN3C(=O)CCC[C@H]4C2)o1. The number of nitrogens with zero attached hydrogens (tertiary/aromatic N) is 1. The standard InChI is InChI=1S/C19H28N2O2/c1-14-6-7-17(23-14)13-20-16-8-10-19-9-3-11-21(19)18(22)5-2-4-15(19)12-16/h6-7,15-16,20H,2-5,8-13H2,1H3/t15-,16+,19+/m0/s1. The van der Waals surface area contributed by atoms with E-state index >= 15 is 0 Å². The van der Waals surface area contributed by atoms with E-state index in [0.29, 0.717) is 17.9 Å². The van der Waals surface area contributed by atoms with E-state index in [9.17, 15) is 4.79 Å². The lowest BCUT2D eigenvalue weighted by atomic mass is 9.68. The Balaban J connectivity index is 1.43. The van der Waals surface area contributed by atoms with Gasteiger partial charge in [0.15, 0.2) is 0 Å². The lowest BCUT2D eigenvalue weighted by molar-refractivity contribution is -0.137. The predicted molar refractivity (Wildman–Crippen MR) is 88.9 cm³/mol. The van der Waals surface area contributed by atoms with Crippen LogP contribution in [0.2, 0.25) is 0 Å². The number of carbonyl (C=O) groups is 1. The average molecular weight is 316 g/mol. The molecule has 126 valence electrons. The van der Waals surface area contributed by atoms with Crippen LogP contribution in [0.3, 0.4) is 0 Å². The highest BCUT2D eigenvalue weighted by Crippen LogP contribution is 2.49. The second-order valence-electron chi connectivity index (χ2n) is 7.71. The quantitative estimate of drug-likeness (QED) is 0.929. The first kappa shape index (κ1) is 15.3. The third-order valence-corrected chi connectivity index (χ3v) is 6.39. The van der Waals surface area contributed by atoms with Crippen LogP contribution in [0.25, 0.3) is 0 Å². The molecule has 3 fully saturated rings. The highest BCUT2D eigenvalue weighted by Gasteiger charge is 2.52. The van der Waals surface area contributed by atoms with E-state index in [0.717, 1.165) is 37.5 Å². The van der Waals surface area contributed by atoms with Gasteiger partial charge in [0.25, 0.3) is 0 Å². The average Bonchev–Trinajstić information content (AvgIpc) is 3.12. The van der Waals surface area contributed by atoms with Crippen molar-refractivity contribution in [3.63, 3.8) is 0 Å². The highest BCUT2D eigenvalue weighted by atomic mass is 16.3. The van der Waals surface area contributed by atoms with Crippen LogP contribution in [-0.4, -0.2) is 28.9 Å². The second-order valence-corrected chi connectivity index (χ2v) is 7.71. The van der Waals surface area contributed by atoms with Crippen molar-refractivity contribution in [1.29, 1.82) is 0 Å². The van der Waals surface area contributed by atoms with E-state index in [1.165, 1.54) is 38.5 Å². The minimum atomic E-state index is 0.201. The van der Waals surface area contributed by atoms with E-state index in [1.54, 1.807) is 0 Å². The van der Waals surface area contributed by atoms with Gasteiger partial charge in [-0.25, -0.2) is 0 Å². The fourth-order valence-corrected chi connectivity index (χ4v) is 5.30. The molecule has 4 nitrogen and oxygen atoms in total. The Bertz CT molecular complexity index is 582. The summed E-state index contributed by atoms with van der Waals surface area (Å²) in [5.74, 6) is 3.11. The Morgan fingerprint density at radius 3 is 3.04 bits per heavy atom. The summed E-state index contributed by atoms with van der Waals surface area (Å²) in [6.07, 6.45) is 9.06. The molecule has 4 rings (SSSR count). The molecule has 3 aliphatic rings. The molecule has 0 bridgehead atoms. The Labute approximate surface area is 138 Å². The maximum atomic E-state index is 12.4. The number of amides is 1. The summed E-state index contributed by atoms with van der Waals surface area (Å²) in [5, 5.41) is 3.70. The maximum absolute atomic E-state index is 12.4. The molecule has 1 aliphatic carbocycles. The number of rotatable bonds is 3. The normalized spacial score (nSPS) is 34.1. The van der Waals surface area contributed by atoms with Crippen LogP contribution in [-0.2, 0) is 11.3 Å². The van der Waals surface area contributed by atoms with Gasteiger partial charge >= 0.3 is 0 Å². The molecule has 2 saturated heterocycles. The van der Waals surface area contributed by atoms with E-state index in [-0.39, 0.29) is 5.54 Å². The van der Waals surface area contributed by atoms with E-state index in [1.807, 2.05) is 13.0 Å². The van der Waals surface area contributed by atoms with Crippen molar-refractivity contribution in [3.05, 3.63) is 23.7 Å². The molecule has 1 amide bonds. The van der Waals surface area contributed by atoms with Crippen LogP contribution in [0.5, 0.6) is 0 Å². The number of nitrogens with one attached hydrogen (secondary N) is 1. The molecule has 3 heterocycles. The second kappa shape index (κ2) is 5.97. The van der Waals surface area contributed by atoms with Gasteiger partial charge in [-0.05, 0) is 69.9 Å². The molecule has 2 aliphatic heterocycles. The lowest BCUT2D eigenvalue weighted by Crippen LogP contribution is -2.55. The molecule has 0 aromatic carbocycles. The molecule has 1 aromatic rings. The maximum Gasteiger partial charge on any atom is 0.223 e. The summed E-state index contributed by atoms with van der Waals surface area (Å²) in [6, 6.07) is 4.65. The highest BCUT2D eigenvalue weighted by molar-refractivity contribution is 5.77. The molecule has 0 radical (unpaired) electrons. The lowest BCUT2D eigenvalue weighted by Gasteiger charge is -2.48. The Morgan fingerprint density at radius 1 is 1.30 bits per heavy atom. The van der Waals surface area contributed by atoms with Gasteiger partial charge in [-0.3, -0.25) is 4.79 Å². The van der Waals surface area contributed by atoms with Crippen LogP contribution in [0, 0.1) is 12.8 Å². The van der Waals surface area contributed by atoms with Crippen molar-refractivity contribution in [2.45, 2.75) is 76.4 Å². The van der Waals surface area contributed by atoms with Crippen LogP contribution >= 0.6 is 0 Å². The number of aryl methyl sites for hydroxylation is 1. The fraction of sp³-hybridized carbons (Fsp3) is 0.737. The van der Waals surface area contributed by atoms with Gasteiger partial charge in [-0.1, -0.05) is 0 Å². The van der Waals surface area contributed by atoms with Gasteiger partial charge in [0.1, 0.15) is 11.5 Å². The van der Waals surface area contributed by atoms with Crippen molar-refractivity contribution in [2.24, 2.45) is 5.92 Å². The van der Waals surface area contributed by atoms with E-state index in [4.69, 9.17) is 4.42 Å². The zero-order chi connectivity index (χ0) is 15.9. The first-order valence-electron chi connectivity index (χ1n) is 9.26. The van der Waals surface area contributed by atoms with Crippen molar-refractivity contribution in [1.82, 2.24) is 10.2 Å². The van der Waals surface area contributed by atoms with Crippen molar-refractivity contribution in [2.75, 3.05) is 6.54 Å². The monoisotopic (exact) mass is 316 g/mol. The molecule has 1 saturated carbocycles. The van der Waals surface area contributed by atoms with Gasteiger partial charge in [-0.15, -0.1) is 0 Å². The van der Waals surface area contributed by atoms with Crippen LogP contribution in [0.1, 0.15) is 62.9 Å². The van der Waals surface area contributed by atoms with Gasteiger partial charge in [-0.2, -0.15) is 0 Å². The van der Waals surface area contributed by atoms with Crippen molar-refractivity contribution in [3.8, 4) is 0 Å². The van der Waals surface area contributed by atoms with E-state index in [2.05, 4.69) is 16.3 Å². The van der Waals surface area contributed by atoms with Gasteiger partial charge in [0.2, 0.25) is 5.91 Å². The zero-order valence-corrected chi connectivity index (χ0v) is 14.1. The smallest absolute Gasteiger partial charge is 0.223 e. The predicted octanol–water partition coefficient (Wildman–Crippen LogP) is 3.39. The van der Waals surface area contributed by atoms with Gasteiger partial charge in [0, 0.05) is 24.5 Å². The first-order valence-corrected chi connectivity index (χ1v) is 9.26. The molecule has 1 spiro atoms. The topological polar surface area (TPSA) is 45.5 Å². The summed E-state index contributed by atoms with van der Waals surface area (Å²) in [4.78, 5) is 14.7. The van der Waals surface area contributed by atoms with Gasteiger partial charge in [0.05, 0.1) is 6.54 Å². The first-order chi connectivity index (χ1) is 11.2. The Hall–Kier alpha value is -1.29. The third kappa shape index (κ3) is 2.71. The summed E-state index contributed by atoms with van der Waals surface area (Å²) >= 11 is 0. The molecule has 0 unspecified atom stereocenters. The number of furan rings is 1. The van der Waals surface area contributed by atoms with Gasteiger partial charge < -0.3 is 14.6 Å². The minimum Gasteiger partial charge on any atom is -0.465 e. The van der Waals surface area contributed by atoms with Crippen molar-refractivity contribution < 1.29 is 9.21 Å². The summed E-state index contributed by atoms with van der Waals surface area (Å²) in [5.41, 5.74) is 0.201. The Kier molecular flexibility index (Phi) is 3.96. The van der Waals surface area contributed by atoms with Crippen LogP contribution in [0.4, 0.5) is 0 Å². The molecule has 1 aromatic heterocycles. The largest absolute Gasteiger partial charge is 0.465 e. The van der Waals surface area contributed by atoms with Crippen LogP contribution < -0.4 is 5.32 Å². The molecule has 3 atom stereocenters. The number of hydrogen-bond acceptors (Lipinski definition) is 3. The third-order valence-electron chi connectivity index (χ3n) is 6.39. The van der Waals surface area contributed by atoms with E-state index < -0.39 is 0 Å². The minimum absolute atomic E-state index is 0.201. The molecule has 4 heteroatoms. The summed E-state index contributed by atoms with van der Waals surface area (Å²) in [6.45, 7) is 3.81. The molecular weight excluding hydrogens is 288 g/mol. The summed E-state index contributed by atoms with van der Waals surface area (Å²) < 4.78 is 5.67.